The maximum atomic E-state index is 11.2. The van der Waals surface area contributed by atoms with Crippen LogP contribution in [0.3, 0.4) is 0 Å². The molecule has 0 aliphatic rings. The summed E-state index contributed by atoms with van der Waals surface area (Å²) in [6, 6.07) is 5.88. The van der Waals surface area contributed by atoms with E-state index in [2.05, 4.69) is 10.3 Å². The molecule has 0 saturated carbocycles. The van der Waals surface area contributed by atoms with Crippen molar-refractivity contribution in [1.82, 2.24) is 10.3 Å². The molecule has 96 valence electrons. The van der Waals surface area contributed by atoms with E-state index in [1.54, 1.807) is 0 Å². The number of nitrogens with one attached hydrogen (secondary N) is 1. The molecule has 0 bridgehead atoms. The van der Waals surface area contributed by atoms with Crippen LogP contribution in [0.4, 0.5) is 0 Å². The molecule has 1 aromatic carbocycles. The Morgan fingerprint density at radius 3 is 3.11 bits per heavy atom. The van der Waals surface area contributed by atoms with Crippen molar-refractivity contribution in [2.75, 3.05) is 12.4 Å². The molecular weight excluding hydrogens is 252 g/mol. The molecule has 18 heavy (non-hydrogen) atoms. The van der Waals surface area contributed by atoms with Gasteiger partial charge in [-0.1, -0.05) is 6.07 Å². The first-order chi connectivity index (χ1) is 8.69. The number of oxazole rings is 1. The highest BCUT2D eigenvalue weighted by atomic mass is 35.5. The topological polar surface area (TPSA) is 55.1 Å². The van der Waals surface area contributed by atoms with Gasteiger partial charge in [-0.05, 0) is 24.1 Å². The van der Waals surface area contributed by atoms with E-state index in [0.29, 0.717) is 24.7 Å². The second kappa shape index (κ2) is 5.87. The summed E-state index contributed by atoms with van der Waals surface area (Å²) in [5, 5.41) is 2.82. The Kier molecular flexibility index (Phi) is 4.20. The summed E-state index contributed by atoms with van der Waals surface area (Å²) in [7, 11) is 0. The van der Waals surface area contributed by atoms with Gasteiger partial charge in [0.2, 0.25) is 5.91 Å². The number of carbonyl (C=O) groups excluding carboxylic acids is 1. The van der Waals surface area contributed by atoms with Gasteiger partial charge in [0.1, 0.15) is 5.52 Å². The van der Waals surface area contributed by atoms with Crippen LogP contribution in [0, 0.1) is 6.92 Å². The molecule has 0 atom stereocenters. The van der Waals surface area contributed by atoms with Gasteiger partial charge in [0.05, 0.1) is 0 Å². The number of carbonyl (C=O) groups is 1. The highest BCUT2D eigenvalue weighted by molar-refractivity contribution is 6.18. The van der Waals surface area contributed by atoms with Gasteiger partial charge in [-0.2, -0.15) is 0 Å². The van der Waals surface area contributed by atoms with Crippen molar-refractivity contribution < 1.29 is 9.21 Å². The molecule has 1 amide bonds. The number of halogens is 1. The molecule has 4 nitrogen and oxygen atoms in total. The minimum Gasteiger partial charge on any atom is -0.441 e. The number of aryl methyl sites for hydroxylation is 1. The third-order valence-corrected chi connectivity index (χ3v) is 2.81. The molecule has 0 aliphatic carbocycles. The predicted molar refractivity (Wildman–Crippen MR) is 70.8 cm³/mol. The monoisotopic (exact) mass is 266 g/mol. The number of aromatic nitrogens is 1. The number of nitrogens with zero attached hydrogens (tertiary/aromatic N) is 1. The first kappa shape index (κ1) is 12.9. The predicted octanol–water partition coefficient (Wildman–Crippen LogP) is 2.42. The first-order valence-corrected chi connectivity index (χ1v) is 6.41. The average Bonchev–Trinajstić information content (AvgIpc) is 2.69. The highest BCUT2D eigenvalue weighted by Gasteiger charge is 2.04. The van der Waals surface area contributed by atoms with Crippen LogP contribution in [-0.2, 0) is 11.2 Å². The molecule has 0 radical (unpaired) electrons. The second-order valence-corrected chi connectivity index (χ2v) is 4.45. The fraction of sp³-hybridized carbons (Fsp3) is 0.385. The molecule has 1 heterocycles. The summed E-state index contributed by atoms with van der Waals surface area (Å²) >= 11 is 5.48. The largest absolute Gasteiger partial charge is 0.441 e. The Labute approximate surface area is 110 Å². The number of amides is 1. The van der Waals surface area contributed by atoms with E-state index in [1.165, 1.54) is 0 Å². The summed E-state index contributed by atoms with van der Waals surface area (Å²) in [6.07, 6.45) is 1.14. The summed E-state index contributed by atoms with van der Waals surface area (Å²) in [5.74, 6) is 1.01. The van der Waals surface area contributed by atoms with E-state index in [9.17, 15) is 4.79 Å². The van der Waals surface area contributed by atoms with Crippen LogP contribution in [-0.4, -0.2) is 23.3 Å². The summed E-state index contributed by atoms with van der Waals surface area (Å²) in [5.41, 5.74) is 2.78. The van der Waals surface area contributed by atoms with Crippen molar-refractivity contribution in [3.05, 3.63) is 29.7 Å². The van der Waals surface area contributed by atoms with Crippen LogP contribution in [0.25, 0.3) is 11.1 Å². The number of benzene rings is 1. The summed E-state index contributed by atoms with van der Waals surface area (Å²) in [4.78, 5) is 15.5. The quantitative estimate of drug-likeness (QED) is 0.846. The Balaban J connectivity index is 1.93. The molecule has 2 rings (SSSR count). The van der Waals surface area contributed by atoms with Gasteiger partial charge < -0.3 is 9.73 Å². The van der Waals surface area contributed by atoms with Gasteiger partial charge in [0, 0.05) is 25.8 Å². The van der Waals surface area contributed by atoms with Crippen LogP contribution in [0.15, 0.2) is 22.6 Å². The molecule has 0 saturated heterocycles. The van der Waals surface area contributed by atoms with Gasteiger partial charge in [-0.3, -0.25) is 4.79 Å². The van der Waals surface area contributed by atoms with Crippen LogP contribution in [0.5, 0.6) is 0 Å². The lowest BCUT2D eigenvalue weighted by molar-refractivity contribution is -0.120. The number of alkyl halides is 1. The normalized spacial score (nSPS) is 10.8. The standard InChI is InChI=1S/C13H15ClN2O2/c1-9-16-11-8-10(2-3-12(11)18-9)5-7-15-13(17)4-6-14/h2-3,8H,4-7H2,1H3,(H,15,17). The summed E-state index contributed by atoms with van der Waals surface area (Å²) < 4.78 is 5.40. The maximum Gasteiger partial charge on any atom is 0.221 e. The lowest BCUT2D eigenvalue weighted by atomic mass is 10.1. The van der Waals surface area contributed by atoms with Crippen molar-refractivity contribution in [3.8, 4) is 0 Å². The molecular formula is C13H15ClN2O2. The van der Waals surface area contributed by atoms with E-state index in [-0.39, 0.29) is 5.91 Å². The van der Waals surface area contributed by atoms with Crippen LogP contribution in [0.2, 0.25) is 0 Å². The van der Waals surface area contributed by atoms with Crippen molar-refractivity contribution >= 4 is 28.6 Å². The third kappa shape index (κ3) is 3.23. The minimum atomic E-state index is -0.0108. The molecule has 0 unspecified atom stereocenters. The van der Waals surface area contributed by atoms with E-state index >= 15 is 0 Å². The maximum absolute atomic E-state index is 11.2. The number of fused-ring (bicyclic) bond motifs is 1. The van der Waals surface area contributed by atoms with Crippen LogP contribution >= 0.6 is 11.6 Å². The van der Waals surface area contributed by atoms with Gasteiger partial charge in [0.25, 0.3) is 0 Å². The van der Waals surface area contributed by atoms with Gasteiger partial charge in [-0.25, -0.2) is 4.98 Å². The third-order valence-electron chi connectivity index (χ3n) is 2.62. The van der Waals surface area contributed by atoms with Crippen LogP contribution < -0.4 is 5.32 Å². The number of hydrogen-bond acceptors (Lipinski definition) is 3. The second-order valence-electron chi connectivity index (χ2n) is 4.07. The number of hydrogen-bond donors (Lipinski definition) is 1. The van der Waals surface area contributed by atoms with E-state index in [0.717, 1.165) is 23.1 Å². The smallest absolute Gasteiger partial charge is 0.221 e. The zero-order chi connectivity index (χ0) is 13.0. The lowest BCUT2D eigenvalue weighted by Crippen LogP contribution is -2.25. The molecule has 0 fully saturated rings. The zero-order valence-electron chi connectivity index (χ0n) is 10.2. The molecule has 1 aromatic heterocycles. The molecule has 2 aromatic rings. The minimum absolute atomic E-state index is 0.0108. The highest BCUT2D eigenvalue weighted by Crippen LogP contribution is 2.16. The van der Waals surface area contributed by atoms with Gasteiger partial charge in [0.15, 0.2) is 11.5 Å². The fourth-order valence-corrected chi connectivity index (χ4v) is 1.94. The Bertz CT molecular complexity index is 551. The fourth-order valence-electron chi connectivity index (χ4n) is 1.76. The lowest BCUT2D eigenvalue weighted by Gasteiger charge is -2.03. The molecule has 0 spiro atoms. The first-order valence-electron chi connectivity index (χ1n) is 5.88. The van der Waals surface area contributed by atoms with E-state index in [1.807, 2.05) is 25.1 Å². The van der Waals surface area contributed by atoms with Crippen molar-refractivity contribution in [1.29, 1.82) is 0 Å². The van der Waals surface area contributed by atoms with Crippen molar-refractivity contribution in [3.63, 3.8) is 0 Å². The van der Waals surface area contributed by atoms with E-state index in [4.69, 9.17) is 16.0 Å². The number of rotatable bonds is 5. The molecule has 0 aliphatic heterocycles. The van der Waals surface area contributed by atoms with E-state index < -0.39 is 0 Å². The van der Waals surface area contributed by atoms with Crippen LogP contribution in [0.1, 0.15) is 17.9 Å². The zero-order valence-corrected chi connectivity index (χ0v) is 11.0. The van der Waals surface area contributed by atoms with Crippen molar-refractivity contribution in [2.24, 2.45) is 0 Å². The van der Waals surface area contributed by atoms with Gasteiger partial charge in [-0.15, -0.1) is 11.6 Å². The van der Waals surface area contributed by atoms with Crippen molar-refractivity contribution in [2.45, 2.75) is 19.8 Å². The van der Waals surface area contributed by atoms with Gasteiger partial charge >= 0.3 is 0 Å². The Morgan fingerprint density at radius 1 is 1.50 bits per heavy atom. The SMILES string of the molecule is Cc1nc2cc(CCNC(=O)CCCl)ccc2o1. The summed E-state index contributed by atoms with van der Waals surface area (Å²) in [6.45, 7) is 2.43. The Morgan fingerprint density at radius 2 is 2.33 bits per heavy atom. The average molecular weight is 267 g/mol. The molecule has 1 N–H and O–H groups in total. The molecule has 5 heteroatoms. The Hall–Kier alpha value is -1.55.